The average molecular weight is 749 g/mol. The maximum atomic E-state index is 14.3. The van der Waals surface area contributed by atoms with Gasteiger partial charge in [-0.2, -0.15) is 9.21 Å². The van der Waals surface area contributed by atoms with Crippen LogP contribution in [0.2, 0.25) is 0 Å². The molecule has 0 unspecified atom stereocenters. The van der Waals surface area contributed by atoms with E-state index in [2.05, 4.69) is 15.5 Å². The predicted octanol–water partition coefficient (Wildman–Crippen LogP) is 4.29. The van der Waals surface area contributed by atoms with Gasteiger partial charge < -0.3 is 15.5 Å². The number of hydrogen-bond donors (Lipinski definition) is 3. The van der Waals surface area contributed by atoms with Gasteiger partial charge in [0.1, 0.15) is 18.3 Å². The van der Waals surface area contributed by atoms with Crippen LogP contribution in [0, 0.1) is 16.7 Å². The first-order valence-corrected chi connectivity index (χ1v) is 19.0. The fraction of sp³-hybridized carbons (Fsp3) is 0.421. The number of nitroso groups, excluding NO2 is 1. The molecule has 15 heteroatoms. The number of benzene rings is 2. The van der Waals surface area contributed by atoms with Gasteiger partial charge in [-0.05, 0) is 59.2 Å². The lowest BCUT2D eigenvalue weighted by Gasteiger charge is -2.32. The molecule has 0 aliphatic carbocycles. The minimum atomic E-state index is -4.12. The lowest BCUT2D eigenvalue weighted by molar-refractivity contribution is -0.127. The smallest absolute Gasteiger partial charge is 0.332 e. The minimum Gasteiger partial charge on any atom is -0.493 e. The van der Waals surface area contributed by atoms with Crippen LogP contribution in [0.4, 0.5) is 0 Å². The molecule has 0 bridgehead atoms. The molecule has 0 radical (unpaired) electrons. The van der Waals surface area contributed by atoms with Gasteiger partial charge in [0.15, 0.2) is 5.78 Å². The first-order valence-electron chi connectivity index (χ1n) is 17.5. The largest absolute Gasteiger partial charge is 0.493 e. The standard InChI is InChI=1S/C38H48N6O8S/c1-6-26(4)36(44-24-35(47)43(38(44)49)22-30-16-17-39-32(19-30)27(5)45)37(48)41-33(18-28-10-8-7-9-11-28)34(46)23-42(21-25(2)3)53(51,52)31-14-12-29(13-15-31)20-40-50/h7-17,19,24-26,33-34,36,46-47H,6,18,20-23H2,1-5H3,(H,41,48)/t26-,33-,34+,36-/m0/s1. The van der Waals surface area contributed by atoms with Gasteiger partial charge in [-0.25, -0.2) is 13.2 Å². The molecule has 2 aromatic carbocycles. The number of aromatic nitrogens is 3. The van der Waals surface area contributed by atoms with Crippen LogP contribution >= 0.6 is 0 Å². The molecule has 53 heavy (non-hydrogen) atoms. The van der Waals surface area contributed by atoms with Gasteiger partial charge in [-0.3, -0.25) is 23.7 Å². The number of aliphatic hydroxyl groups excluding tert-OH is 1. The van der Waals surface area contributed by atoms with Crippen molar-refractivity contribution in [1.29, 1.82) is 0 Å². The van der Waals surface area contributed by atoms with E-state index < -0.39 is 45.7 Å². The molecular formula is C38H48N6O8S. The van der Waals surface area contributed by atoms with Crippen molar-refractivity contribution in [2.45, 2.75) is 83.6 Å². The number of aromatic hydroxyl groups is 1. The second-order valence-electron chi connectivity index (χ2n) is 13.7. The van der Waals surface area contributed by atoms with Gasteiger partial charge >= 0.3 is 5.69 Å². The first kappa shape index (κ1) is 40.8. The highest BCUT2D eigenvalue weighted by Crippen LogP contribution is 2.25. The molecule has 2 aromatic heterocycles. The normalized spacial score (nSPS) is 14.1. The Morgan fingerprint density at radius 2 is 1.66 bits per heavy atom. The van der Waals surface area contributed by atoms with Gasteiger partial charge in [0.25, 0.3) is 0 Å². The maximum absolute atomic E-state index is 14.3. The van der Waals surface area contributed by atoms with Crippen LogP contribution in [0.25, 0.3) is 0 Å². The molecule has 284 valence electrons. The Morgan fingerprint density at radius 3 is 2.26 bits per heavy atom. The Kier molecular flexibility index (Phi) is 14.0. The van der Waals surface area contributed by atoms with E-state index in [1.807, 2.05) is 51.1 Å². The Labute approximate surface area is 309 Å². The summed E-state index contributed by atoms with van der Waals surface area (Å²) in [5.74, 6) is -1.76. The molecule has 0 spiro atoms. The number of ketones is 1. The number of amides is 1. The van der Waals surface area contributed by atoms with Gasteiger partial charge in [0.2, 0.25) is 21.8 Å². The highest BCUT2D eigenvalue weighted by Gasteiger charge is 2.35. The van der Waals surface area contributed by atoms with Crippen molar-refractivity contribution in [1.82, 2.24) is 23.7 Å². The summed E-state index contributed by atoms with van der Waals surface area (Å²) >= 11 is 0. The Hall–Kier alpha value is -4.99. The molecular weight excluding hydrogens is 701 g/mol. The molecule has 14 nitrogen and oxygen atoms in total. The summed E-state index contributed by atoms with van der Waals surface area (Å²) in [5.41, 5.74) is 1.43. The Bertz CT molecular complexity index is 2030. The molecule has 2 heterocycles. The molecule has 0 fully saturated rings. The monoisotopic (exact) mass is 748 g/mol. The highest BCUT2D eigenvalue weighted by atomic mass is 32.2. The summed E-state index contributed by atoms with van der Waals surface area (Å²) in [6, 6.07) is 16.0. The molecule has 4 rings (SSSR count). The summed E-state index contributed by atoms with van der Waals surface area (Å²) < 4.78 is 31.3. The van der Waals surface area contributed by atoms with Gasteiger partial charge in [-0.15, -0.1) is 0 Å². The maximum Gasteiger partial charge on any atom is 0.332 e. The third kappa shape index (κ3) is 10.3. The zero-order valence-electron chi connectivity index (χ0n) is 30.6. The SMILES string of the molecule is CC[C@H](C)[C@@H](C(=O)N[C@@H](Cc1ccccc1)[C@H](O)CN(CC(C)C)S(=O)(=O)c1ccc(CN=O)cc1)n1cc(O)n(Cc2ccnc(C(C)=O)c2)c1=O. The van der Waals surface area contributed by atoms with Gasteiger partial charge in [-0.1, -0.05) is 81.8 Å². The number of rotatable bonds is 19. The van der Waals surface area contributed by atoms with Crippen LogP contribution in [-0.4, -0.2) is 74.0 Å². The van der Waals surface area contributed by atoms with Gasteiger partial charge in [0, 0.05) is 26.2 Å². The van der Waals surface area contributed by atoms with Crippen molar-refractivity contribution in [2.24, 2.45) is 17.0 Å². The molecule has 1 amide bonds. The van der Waals surface area contributed by atoms with E-state index in [0.717, 1.165) is 14.7 Å². The summed E-state index contributed by atoms with van der Waals surface area (Å²) in [4.78, 5) is 54.7. The van der Waals surface area contributed by atoms with Crippen LogP contribution < -0.4 is 11.0 Å². The van der Waals surface area contributed by atoms with Crippen molar-refractivity contribution >= 4 is 21.7 Å². The third-order valence-corrected chi connectivity index (χ3v) is 11.0. The van der Waals surface area contributed by atoms with E-state index in [-0.39, 0.29) is 60.8 Å². The van der Waals surface area contributed by atoms with E-state index in [1.54, 1.807) is 13.0 Å². The molecule has 0 aliphatic heterocycles. The second kappa shape index (κ2) is 18.2. The summed E-state index contributed by atoms with van der Waals surface area (Å²) in [6.45, 7) is 8.27. The number of nitrogens with one attached hydrogen (secondary N) is 1. The number of hydrogen-bond acceptors (Lipinski definition) is 10. The van der Waals surface area contributed by atoms with Crippen LogP contribution in [0.3, 0.4) is 0 Å². The summed E-state index contributed by atoms with van der Waals surface area (Å²) in [5, 5.41) is 28.5. The van der Waals surface area contributed by atoms with E-state index in [4.69, 9.17) is 0 Å². The van der Waals surface area contributed by atoms with Crippen molar-refractivity contribution in [3.8, 4) is 5.88 Å². The van der Waals surface area contributed by atoms with E-state index in [9.17, 15) is 37.9 Å². The van der Waals surface area contributed by atoms with E-state index >= 15 is 0 Å². The van der Waals surface area contributed by atoms with Crippen molar-refractivity contribution in [3.63, 3.8) is 0 Å². The lowest BCUT2D eigenvalue weighted by Crippen LogP contribution is -2.53. The number of pyridine rings is 1. The Morgan fingerprint density at radius 1 is 0.981 bits per heavy atom. The lowest BCUT2D eigenvalue weighted by atomic mass is 9.96. The summed E-state index contributed by atoms with van der Waals surface area (Å²) in [6.07, 6.45) is 1.88. The topological polar surface area (TPSA) is 193 Å². The van der Waals surface area contributed by atoms with Gasteiger partial charge in [0.05, 0.1) is 29.8 Å². The zero-order chi connectivity index (χ0) is 38.9. The van der Waals surface area contributed by atoms with Crippen LogP contribution in [0.15, 0.2) is 94.0 Å². The average Bonchev–Trinajstić information content (AvgIpc) is 3.39. The van der Waals surface area contributed by atoms with Crippen molar-refractivity contribution in [3.05, 3.63) is 117 Å². The van der Waals surface area contributed by atoms with Crippen molar-refractivity contribution < 1.29 is 28.2 Å². The third-order valence-electron chi connectivity index (χ3n) is 9.12. The van der Waals surface area contributed by atoms with Crippen LogP contribution in [0.1, 0.15) is 74.3 Å². The minimum absolute atomic E-state index is 0.0199. The molecule has 0 saturated carbocycles. The van der Waals surface area contributed by atoms with Crippen LogP contribution in [-0.2, 0) is 34.3 Å². The number of carbonyl (C=O) groups excluding carboxylic acids is 2. The molecule has 4 atom stereocenters. The number of nitrogens with zero attached hydrogens (tertiary/aromatic N) is 5. The fourth-order valence-corrected chi connectivity index (χ4v) is 7.71. The fourth-order valence-electron chi connectivity index (χ4n) is 6.09. The van der Waals surface area contributed by atoms with Crippen LogP contribution in [0.5, 0.6) is 5.88 Å². The molecule has 3 N–H and O–H groups in total. The van der Waals surface area contributed by atoms with E-state index in [0.29, 0.717) is 17.5 Å². The number of imidazole rings is 1. The zero-order valence-corrected chi connectivity index (χ0v) is 31.4. The van der Waals surface area contributed by atoms with E-state index in [1.165, 1.54) is 54.0 Å². The quantitative estimate of drug-likeness (QED) is 0.0927. The number of aliphatic hydroxyl groups is 1. The highest BCUT2D eigenvalue weighted by molar-refractivity contribution is 7.89. The molecule has 0 saturated heterocycles. The molecule has 4 aromatic rings. The number of carbonyl (C=O) groups is 2. The number of sulfonamides is 1. The Balaban J connectivity index is 1.67. The molecule has 0 aliphatic rings. The van der Waals surface area contributed by atoms with Crippen molar-refractivity contribution in [2.75, 3.05) is 13.1 Å². The predicted molar refractivity (Wildman–Crippen MR) is 200 cm³/mol. The second-order valence-corrected chi connectivity index (χ2v) is 15.7. The number of Topliss-reactive ketones (excluding diaryl/α,β-unsaturated/α-hetero) is 1. The first-order chi connectivity index (χ1) is 25.2. The summed E-state index contributed by atoms with van der Waals surface area (Å²) in [7, 11) is -4.12.